The van der Waals surface area contributed by atoms with Crippen LogP contribution < -0.4 is 0 Å². The molecule has 0 unspecified atom stereocenters. The van der Waals surface area contributed by atoms with Crippen LogP contribution in [-0.2, 0) is 15.9 Å². The highest BCUT2D eigenvalue weighted by Crippen LogP contribution is 2.13. The largest absolute Gasteiger partial charge is 0.350 e. The van der Waals surface area contributed by atoms with E-state index in [0.717, 1.165) is 32.5 Å². The molecule has 1 fully saturated rings. The Morgan fingerprint density at radius 1 is 1.25 bits per heavy atom. The molecule has 0 spiro atoms. The van der Waals surface area contributed by atoms with Crippen LogP contribution in [0, 0.1) is 13.0 Å². The molecule has 1 aromatic rings. The van der Waals surface area contributed by atoms with Gasteiger partial charge in [-0.25, -0.2) is 0 Å². The molecule has 0 aromatic heterocycles. The number of ether oxygens (including phenoxy) is 2. The van der Waals surface area contributed by atoms with Gasteiger partial charge < -0.3 is 9.47 Å². The second kappa shape index (κ2) is 6.02. The van der Waals surface area contributed by atoms with Crippen molar-refractivity contribution in [1.82, 2.24) is 0 Å². The first kappa shape index (κ1) is 11.6. The second-order valence-corrected chi connectivity index (χ2v) is 4.31. The third-order valence-electron chi connectivity index (χ3n) is 2.86. The summed E-state index contributed by atoms with van der Waals surface area (Å²) in [6.07, 6.45) is 4.52. The molecule has 1 aliphatic rings. The lowest BCUT2D eigenvalue weighted by molar-refractivity contribution is -0.0479. The van der Waals surface area contributed by atoms with Crippen molar-refractivity contribution in [1.29, 1.82) is 0 Å². The summed E-state index contributed by atoms with van der Waals surface area (Å²) in [6.45, 7) is 3.61. The Morgan fingerprint density at radius 2 is 2.06 bits per heavy atom. The van der Waals surface area contributed by atoms with E-state index in [-0.39, 0.29) is 6.29 Å². The maximum absolute atomic E-state index is 5.39. The number of hydrogen-bond donors (Lipinski definition) is 0. The molecule has 0 aliphatic carbocycles. The molecule has 2 heteroatoms. The SMILES string of the molecule is Cc1c[c]c(CCCCC2OCCO2)cc1. The van der Waals surface area contributed by atoms with Crippen molar-refractivity contribution in [3.63, 3.8) is 0 Å². The Kier molecular flexibility index (Phi) is 4.37. The summed E-state index contributed by atoms with van der Waals surface area (Å²) in [5.74, 6) is 0. The van der Waals surface area contributed by atoms with Crippen LogP contribution >= 0.6 is 0 Å². The van der Waals surface area contributed by atoms with E-state index >= 15 is 0 Å². The fourth-order valence-electron chi connectivity index (χ4n) is 1.89. The van der Waals surface area contributed by atoms with Crippen LogP contribution in [0.3, 0.4) is 0 Å². The van der Waals surface area contributed by atoms with Crippen LogP contribution in [-0.4, -0.2) is 19.5 Å². The molecule has 1 saturated heterocycles. The third kappa shape index (κ3) is 3.62. The lowest BCUT2D eigenvalue weighted by atomic mass is 10.1. The van der Waals surface area contributed by atoms with Gasteiger partial charge in [0.2, 0.25) is 0 Å². The number of rotatable bonds is 5. The summed E-state index contributed by atoms with van der Waals surface area (Å²) in [4.78, 5) is 0. The zero-order valence-corrected chi connectivity index (χ0v) is 9.87. The lowest BCUT2D eigenvalue weighted by Gasteiger charge is -2.08. The standard InChI is InChI=1S/C14H19O2/c1-12-6-8-13(9-7-12)4-2-3-5-14-15-10-11-16-14/h6-8,14H,2-5,10-11H2,1H3. The zero-order chi connectivity index (χ0) is 11.2. The highest BCUT2D eigenvalue weighted by molar-refractivity contribution is 5.19. The van der Waals surface area contributed by atoms with Gasteiger partial charge in [-0.15, -0.1) is 0 Å². The highest BCUT2D eigenvalue weighted by Gasteiger charge is 2.14. The van der Waals surface area contributed by atoms with E-state index in [2.05, 4.69) is 31.2 Å². The van der Waals surface area contributed by atoms with Gasteiger partial charge in [0.15, 0.2) is 6.29 Å². The van der Waals surface area contributed by atoms with Crippen molar-refractivity contribution in [2.45, 2.75) is 38.9 Å². The van der Waals surface area contributed by atoms with Crippen molar-refractivity contribution in [3.05, 3.63) is 35.4 Å². The van der Waals surface area contributed by atoms with Gasteiger partial charge in [-0.3, -0.25) is 0 Å². The third-order valence-corrected chi connectivity index (χ3v) is 2.86. The Labute approximate surface area is 97.6 Å². The molecule has 0 bridgehead atoms. The first-order valence-electron chi connectivity index (χ1n) is 6.05. The molecule has 16 heavy (non-hydrogen) atoms. The maximum Gasteiger partial charge on any atom is 0.157 e. The average molecular weight is 219 g/mol. The number of unbranched alkanes of at least 4 members (excludes halogenated alkanes) is 1. The van der Waals surface area contributed by atoms with Crippen LogP contribution in [0.1, 0.15) is 30.4 Å². The Bertz CT molecular complexity index is 299. The van der Waals surface area contributed by atoms with E-state index < -0.39 is 0 Å². The molecule has 0 N–H and O–H groups in total. The monoisotopic (exact) mass is 219 g/mol. The van der Waals surface area contributed by atoms with E-state index in [1.165, 1.54) is 17.5 Å². The molecular weight excluding hydrogens is 200 g/mol. The van der Waals surface area contributed by atoms with Gasteiger partial charge in [-0.1, -0.05) is 23.8 Å². The molecule has 0 saturated carbocycles. The summed E-state index contributed by atoms with van der Waals surface area (Å²) in [6, 6.07) is 9.67. The normalized spacial score (nSPS) is 16.8. The topological polar surface area (TPSA) is 18.5 Å². The van der Waals surface area contributed by atoms with Gasteiger partial charge in [0.25, 0.3) is 0 Å². The van der Waals surface area contributed by atoms with Gasteiger partial charge in [-0.2, -0.15) is 0 Å². The van der Waals surface area contributed by atoms with Gasteiger partial charge in [0, 0.05) is 0 Å². The first-order valence-corrected chi connectivity index (χ1v) is 6.05. The van der Waals surface area contributed by atoms with E-state index in [4.69, 9.17) is 9.47 Å². The molecule has 2 rings (SSSR count). The maximum atomic E-state index is 5.39. The second-order valence-electron chi connectivity index (χ2n) is 4.31. The lowest BCUT2D eigenvalue weighted by Crippen LogP contribution is -2.06. The predicted molar refractivity (Wildman–Crippen MR) is 63.3 cm³/mol. The van der Waals surface area contributed by atoms with Crippen molar-refractivity contribution in [2.75, 3.05) is 13.2 Å². The fraction of sp³-hybridized carbons (Fsp3) is 0.571. The molecule has 1 aromatic carbocycles. The Morgan fingerprint density at radius 3 is 2.75 bits per heavy atom. The number of benzene rings is 1. The van der Waals surface area contributed by atoms with E-state index in [0.29, 0.717) is 0 Å². The quantitative estimate of drug-likeness (QED) is 0.709. The summed E-state index contributed by atoms with van der Waals surface area (Å²) >= 11 is 0. The number of aryl methyl sites for hydroxylation is 2. The average Bonchev–Trinajstić information content (AvgIpc) is 2.80. The van der Waals surface area contributed by atoms with E-state index in [9.17, 15) is 0 Å². The smallest absolute Gasteiger partial charge is 0.157 e. The highest BCUT2D eigenvalue weighted by atomic mass is 16.7. The summed E-state index contributed by atoms with van der Waals surface area (Å²) in [7, 11) is 0. The molecule has 0 atom stereocenters. The molecule has 1 radical (unpaired) electrons. The summed E-state index contributed by atoms with van der Waals surface area (Å²) in [5.41, 5.74) is 2.58. The van der Waals surface area contributed by atoms with E-state index in [1.54, 1.807) is 0 Å². The minimum absolute atomic E-state index is 0.0574. The van der Waals surface area contributed by atoms with Crippen molar-refractivity contribution in [3.8, 4) is 0 Å². The molecule has 2 nitrogen and oxygen atoms in total. The predicted octanol–water partition coefficient (Wildman–Crippen LogP) is 2.88. The van der Waals surface area contributed by atoms with Crippen molar-refractivity contribution < 1.29 is 9.47 Å². The molecule has 0 amide bonds. The van der Waals surface area contributed by atoms with Crippen LogP contribution in [0.15, 0.2) is 18.2 Å². The van der Waals surface area contributed by atoms with E-state index in [1.807, 2.05) is 0 Å². The summed E-state index contributed by atoms with van der Waals surface area (Å²) < 4.78 is 10.8. The molecule has 1 aliphatic heterocycles. The molecular formula is C14H19O2. The van der Waals surface area contributed by atoms with Gasteiger partial charge in [0.1, 0.15) is 0 Å². The van der Waals surface area contributed by atoms with Crippen LogP contribution in [0.5, 0.6) is 0 Å². The zero-order valence-electron chi connectivity index (χ0n) is 9.87. The first-order chi connectivity index (χ1) is 7.84. The molecule has 1 heterocycles. The van der Waals surface area contributed by atoms with Crippen molar-refractivity contribution >= 4 is 0 Å². The Hall–Kier alpha value is -0.860. The summed E-state index contributed by atoms with van der Waals surface area (Å²) in [5, 5.41) is 0. The minimum Gasteiger partial charge on any atom is -0.350 e. The van der Waals surface area contributed by atoms with Gasteiger partial charge in [-0.05, 0) is 44.2 Å². The Balaban J connectivity index is 1.62. The number of hydrogen-bond acceptors (Lipinski definition) is 2. The minimum atomic E-state index is 0.0574. The van der Waals surface area contributed by atoms with Gasteiger partial charge in [0.05, 0.1) is 13.2 Å². The fourth-order valence-corrected chi connectivity index (χ4v) is 1.89. The van der Waals surface area contributed by atoms with Crippen LogP contribution in [0.25, 0.3) is 0 Å². The van der Waals surface area contributed by atoms with Crippen LogP contribution in [0.2, 0.25) is 0 Å². The van der Waals surface area contributed by atoms with Gasteiger partial charge >= 0.3 is 0 Å². The molecule has 87 valence electrons. The van der Waals surface area contributed by atoms with Crippen LogP contribution in [0.4, 0.5) is 0 Å². The van der Waals surface area contributed by atoms with Crippen molar-refractivity contribution in [2.24, 2.45) is 0 Å².